The number of nitro groups is 1. The van der Waals surface area contributed by atoms with Crippen LogP contribution in [0.5, 0.6) is 0 Å². The Hall–Kier alpha value is -4.51. The summed E-state index contributed by atoms with van der Waals surface area (Å²) < 4.78 is 2.09. The molecule has 0 aliphatic rings. The second-order valence-electron chi connectivity index (χ2n) is 7.84. The summed E-state index contributed by atoms with van der Waals surface area (Å²) in [5.41, 5.74) is 6.57. The summed E-state index contributed by atoms with van der Waals surface area (Å²) in [6, 6.07) is 35.0. The van der Waals surface area contributed by atoms with E-state index in [-0.39, 0.29) is 10.6 Å². The predicted molar refractivity (Wildman–Crippen MR) is 131 cm³/mol. The van der Waals surface area contributed by atoms with E-state index in [1.807, 2.05) is 61.5 Å². The molecule has 33 heavy (non-hydrogen) atoms. The Balaban J connectivity index is 1.88. The molecule has 0 saturated carbocycles. The van der Waals surface area contributed by atoms with Crippen LogP contribution in [0.2, 0.25) is 0 Å². The molecule has 0 atom stereocenters. The van der Waals surface area contributed by atoms with Crippen molar-refractivity contribution in [1.82, 2.24) is 9.55 Å². The molecule has 0 radical (unpaired) electrons. The highest BCUT2D eigenvalue weighted by Gasteiger charge is 2.23. The number of nitrogens with zero attached hydrogens (tertiary/aromatic N) is 3. The summed E-state index contributed by atoms with van der Waals surface area (Å²) >= 11 is 0. The van der Waals surface area contributed by atoms with Crippen molar-refractivity contribution in [1.29, 1.82) is 0 Å². The lowest BCUT2D eigenvalue weighted by Crippen LogP contribution is -2.01. The van der Waals surface area contributed by atoms with Crippen molar-refractivity contribution in [2.24, 2.45) is 0 Å². The summed E-state index contributed by atoms with van der Waals surface area (Å²) in [7, 11) is 0. The van der Waals surface area contributed by atoms with Crippen molar-refractivity contribution < 1.29 is 4.92 Å². The van der Waals surface area contributed by atoms with Crippen LogP contribution in [-0.4, -0.2) is 14.5 Å². The highest BCUT2D eigenvalue weighted by Crippen LogP contribution is 2.39. The molecule has 0 spiro atoms. The molecule has 5 aromatic rings. The van der Waals surface area contributed by atoms with Crippen LogP contribution in [0, 0.1) is 17.0 Å². The van der Waals surface area contributed by atoms with Gasteiger partial charge in [0, 0.05) is 34.5 Å². The van der Waals surface area contributed by atoms with Gasteiger partial charge in [-0.25, -0.2) is 4.98 Å². The van der Waals surface area contributed by atoms with Gasteiger partial charge in [-0.15, -0.1) is 0 Å². The second-order valence-corrected chi connectivity index (χ2v) is 7.84. The molecular weight excluding hydrogens is 410 g/mol. The van der Waals surface area contributed by atoms with E-state index < -0.39 is 0 Å². The first kappa shape index (κ1) is 20.4. The topological polar surface area (TPSA) is 61.0 Å². The Morgan fingerprint density at radius 3 is 1.97 bits per heavy atom. The highest BCUT2D eigenvalue weighted by molar-refractivity contribution is 5.84. The lowest BCUT2D eigenvalue weighted by molar-refractivity contribution is -0.384. The molecule has 160 valence electrons. The summed E-state index contributed by atoms with van der Waals surface area (Å²) in [5.74, 6) is 0.653. The zero-order chi connectivity index (χ0) is 22.8. The largest absolute Gasteiger partial charge is 0.292 e. The molecule has 0 aliphatic carbocycles. The Bertz CT molecular complexity index is 1420. The molecule has 0 fully saturated rings. The standard InChI is InChI=1S/C28H21N3O2/c1-20-15-17-24(18-16-20)30-27(22-11-6-3-7-12-22)26(21-9-4-2-5-10-21)29-28(30)23-13-8-14-25(19-23)31(32)33/h2-19H,1H3. The summed E-state index contributed by atoms with van der Waals surface area (Å²) in [5, 5.41) is 11.5. The molecule has 5 nitrogen and oxygen atoms in total. The third-order valence-corrected chi connectivity index (χ3v) is 5.58. The van der Waals surface area contributed by atoms with Gasteiger partial charge in [-0.3, -0.25) is 14.7 Å². The van der Waals surface area contributed by atoms with Crippen molar-refractivity contribution in [3.63, 3.8) is 0 Å². The van der Waals surface area contributed by atoms with Crippen LogP contribution < -0.4 is 0 Å². The number of imidazole rings is 1. The minimum Gasteiger partial charge on any atom is -0.292 e. The van der Waals surface area contributed by atoms with Crippen molar-refractivity contribution in [2.45, 2.75) is 6.92 Å². The molecule has 5 rings (SSSR count). The van der Waals surface area contributed by atoms with Crippen LogP contribution in [0.4, 0.5) is 5.69 Å². The molecule has 5 heteroatoms. The number of benzene rings is 4. The number of hydrogen-bond donors (Lipinski definition) is 0. The first-order valence-corrected chi connectivity index (χ1v) is 10.7. The zero-order valence-corrected chi connectivity index (χ0v) is 18.1. The maximum absolute atomic E-state index is 11.5. The van der Waals surface area contributed by atoms with Crippen molar-refractivity contribution in [3.8, 4) is 39.6 Å². The number of rotatable bonds is 5. The van der Waals surface area contributed by atoms with E-state index in [2.05, 4.69) is 41.0 Å². The van der Waals surface area contributed by atoms with Gasteiger partial charge in [0.05, 0.1) is 16.3 Å². The molecule has 1 heterocycles. The van der Waals surface area contributed by atoms with Crippen molar-refractivity contribution in [3.05, 3.63) is 125 Å². The van der Waals surface area contributed by atoms with Gasteiger partial charge < -0.3 is 0 Å². The zero-order valence-electron chi connectivity index (χ0n) is 18.1. The van der Waals surface area contributed by atoms with Crippen LogP contribution in [0.15, 0.2) is 109 Å². The lowest BCUT2D eigenvalue weighted by atomic mass is 10.0. The molecule has 1 aromatic heterocycles. The van der Waals surface area contributed by atoms with Gasteiger partial charge in [0.1, 0.15) is 5.82 Å². The Labute approximate surface area is 191 Å². The SMILES string of the molecule is Cc1ccc(-n2c(-c3cccc([N+](=O)[O-])c3)nc(-c3ccccc3)c2-c2ccccc2)cc1. The average molecular weight is 431 g/mol. The average Bonchev–Trinajstić information content (AvgIpc) is 3.26. The Morgan fingerprint density at radius 2 is 1.33 bits per heavy atom. The normalized spacial score (nSPS) is 10.8. The van der Waals surface area contributed by atoms with E-state index in [0.717, 1.165) is 33.8 Å². The predicted octanol–water partition coefficient (Wildman–Crippen LogP) is 7.09. The van der Waals surface area contributed by atoms with Gasteiger partial charge in [0.2, 0.25) is 0 Å². The van der Waals surface area contributed by atoms with Gasteiger partial charge in [-0.05, 0) is 19.1 Å². The fourth-order valence-corrected chi connectivity index (χ4v) is 3.98. The fraction of sp³-hybridized carbons (Fsp3) is 0.0357. The van der Waals surface area contributed by atoms with E-state index in [1.165, 1.54) is 6.07 Å². The van der Waals surface area contributed by atoms with Crippen LogP contribution in [0.1, 0.15) is 5.56 Å². The van der Waals surface area contributed by atoms with Gasteiger partial charge in [-0.1, -0.05) is 90.5 Å². The molecule has 0 N–H and O–H groups in total. The number of nitro benzene ring substituents is 1. The molecule has 4 aromatic carbocycles. The second kappa shape index (κ2) is 8.55. The smallest absolute Gasteiger partial charge is 0.270 e. The Morgan fingerprint density at radius 1 is 0.727 bits per heavy atom. The number of aryl methyl sites for hydroxylation is 1. The van der Waals surface area contributed by atoms with Crippen LogP contribution >= 0.6 is 0 Å². The maximum atomic E-state index is 11.5. The monoisotopic (exact) mass is 431 g/mol. The molecular formula is C28H21N3O2. The van der Waals surface area contributed by atoms with Crippen molar-refractivity contribution in [2.75, 3.05) is 0 Å². The fourth-order valence-electron chi connectivity index (χ4n) is 3.98. The quantitative estimate of drug-likeness (QED) is 0.220. The third-order valence-electron chi connectivity index (χ3n) is 5.58. The van der Waals surface area contributed by atoms with Gasteiger partial charge >= 0.3 is 0 Å². The molecule has 0 saturated heterocycles. The van der Waals surface area contributed by atoms with Crippen LogP contribution in [0.25, 0.3) is 39.6 Å². The number of hydrogen-bond acceptors (Lipinski definition) is 3. The first-order valence-electron chi connectivity index (χ1n) is 10.7. The number of non-ortho nitro benzene ring substituents is 1. The minimum atomic E-state index is -0.376. The maximum Gasteiger partial charge on any atom is 0.270 e. The summed E-state index contributed by atoms with van der Waals surface area (Å²) in [6.07, 6.45) is 0. The van der Waals surface area contributed by atoms with Crippen LogP contribution in [-0.2, 0) is 0 Å². The van der Waals surface area contributed by atoms with E-state index in [0.29, 0.717) is 11.4 Å². The first-order chi connectivity index (χ1) is 16.1. The van der Waals surface area contributed by atoms with Gasteiger partial charge in [-0.2, -0.15) is 0 Å². The van der Waals surface area contributed by atoms with Crippen molar-refractivity contribution >= 4 is 5.69 Å². The van der Waals surface area contributed by atoms with E-state index >= 15 is 0 Å². The minimum absolute atomic E-state index is 0.0356. The third kappa shape index (κ3) is 3.92. The van der Waals surface area contributed by atoms with E-state index in [4.69, 9.17) is 4.98 Å². The molecule has 0 unspecified atom stereocenters. The van der Waals surface area contributed by atoms with Gasteiger partial charge in [0.15, 0.2) is 0 Å². The highest BCUT2D eigenvalue weighted by atomic mass is 16.6. The molecule has 0 aliphatic heterocycles. The van der Waals surface area contributed by atoms with E-state index in [1.54, 1.807) is 12.1 Å². The van der Waals surface area contributed by atoms with E-state index in [9.17, 15) is 10.1 Å². The van der Waals surface area contributed by atoms with Crippen LogP contribution in [0.3, 0.4) is 0 Å². The molecule has 0 amide bonds. The summed E-state index contributed by atoms with van der Waals surface area (Å²) in [4.78, 5) is 16.2. The molecule has 0 bridgehead atoms. The Kier molecular flexibility index (Phi) is 5.29. The summed E-state index contributed by atoms with van der Waals surface area (Å²) in [6.45, 7) is 2.05. The lowest BCUT2D eigenvalue weighted by Gasteiger charge is -2.14. The van der Waals surface area contributed by atoms with Gasteiger partial charge in [0.25, 0.3) is 5.69 Å². The number of aromatic nitrogens is 2.